The lowest BCUT2D eigenvalue weighted by Crippen LogP contribution is -2.33. The van der Waals surface area contributed by atoms with Gasteiger partial charge >= 0.3 is 0 Å². The minimum atomic E-state index is -0.294. The van der Waals surface area contributed by atoms with Crippen molar-refractivity contribution in [3.63, 3.8) is 0 Å². The number of nitrogens with zero attached hydrogens (tertiary/aromatic N) is 2. The van der Waals surface area contributed by atoms with Crippen molar-refractivity contribution in [2.45, 2.75) is 34.6 Å². The minimum absolute atomic E-state index is 0.0925. The quantitative estimate of drug-likeness (QED) is 0.696. The van der Waals surface area contributed by atoms with Crippen LogP contribution in [0.2, 0.25) is 0 Å². The summed E-state index contributed by atoms with van der Waals surface area (Å²) in [6, 6.07) is 13.2. The van der Waals surface area contributed by atoms with Gasteiger partial charge in [-0.2, -0.15) is 5.10 Å². The van der Waals surface area contributed by atoms with Crippen LogP contribution in [0.3, 0.4) is 0 Å². The monoisotopic (exact) mass is 390 g/mol. The number of nitrogens with one attached hydrogen (secondary N) is 2. The highest BCUT2D eigenvalue weighted by Crippen LogP contribution is 2.21. The maximum absolute atomic E-state index is 12.4. The zero-order valence-corrected chi connectivity index (χ0v) is 17.5. The van der Waals surface area contributed by atoms with Gasteiger partial charge < -0.3 is 10.6 Å². The van der Waals surface area contributed by atoms with Gasteiger partial charge in [-0.25, -0.2) is 4.68 Å². The van der Waals surface area contributed by atoms with Crippen LogP contribution in [0, 0.1) is 34.6 Å². The predicted molar refractivity (Wildman–Crippen MR) is 115 cm³/mol. The molecule has 0 bridgehead atoms. The van der Waals surface area contributed by atoms with Crippen LogP contribution in [0.25, 0.3) is 5.69 Å². The summed E-state index contributed by atoms with van der Waals surface area (Å²) in [7, 11) is 0. The van der Waals surface area contributed by atoms with Crippen LogP contribution in [0.5, 0.6) is 0 Å². The standard InChI is InChI=1S/C23H26N4O2/c1-14-10-15(2)22(16(3)11-14)25-21(28)13-24-23(29)19-6-8-20(9-7-19)27-18(5)12-17(4)26-27/h6-12H,13H2,1-5H3,(H,24,29)(H,25,28). The number of aromatic nitrogens is 2. The fourth-order valence-corrected chi connectivity index (χ4v) is 3.47. The van der Waals surface area contributed by atoms with Crippen molar-refractivity contribution < 1.29 is 9.59 Å². The average Bonchev–Trinajstić information content (AvgIpc) is 3.01. The largest absolute Gasteiger partial charge is 0.343 e. The van der Waals surface area contributed by atoms with Gasteiger partial charge in [-0.1, -0.05) is 17.7 Å². The second kappa shape index (κ2) is 8.31. The normalized spacial score (nSPS) is 10.7. The zero-order chi connectivity index (χ0) is 21.1. The summed E-state index contributed by atoms with van der Waals surface area (Å²) in [4.78, 5) is 24.7. The van der Waals surface area contributed by atoms with Crippen LogP contribution in [-0.4, -0.2) is 28.1 Å². The molecule has 0 aliphatic carbocycles. The van der Waals surface area contributed by atoms with Crippen molar-refractivity contribution in [1.29, 1.82) is 0 Å². The first-order chi connectivity index (χ1) is 13.7. The summed E-state index contributed by atoms with van der Waals surface area (Å²) >= 11 is 0. The second-order valence-electron chi connectivity index (χ2n) is 7.39. The molecule has 0 fully saturated rings. The van der Waals surface area contributed by atoms with E-state index in [1.165, 1.54) is 0 Å². The molecule has 1 heterocycles. The van der Waals surface area contributed by atoms with E-state index in [0.29, 0.717) is 5.56 Å². The van der Waals surface area contributed by atoms with E-state index in [1.54, 1.807) is 12.1 Å². The van der Waals surface area contributed by atoms with Crippen molar-refractivity contribution >= 4 is 17.5 Å². The van der Waals surface area contributed by atoms with Crippen molar-refractivity contribution in [2.75, 3.05) is 11.9 Å². The Hall–Kier alpha value is -3.41. The first-order valence-electron chi connectivity index (χ1n) is 9.54. The fraction of sp³-hybridized carbons (Fsp3) is 0.261. The lowest BCUT2D eigenvalue weighted by atomic mass is 10.1. The molecule has 2 aromatic carbocycles. The van der Waals surface area contributed by atoms with E-state index in [4.69, 9.17) is 0 Å². The summed E-state index contributed by atoms with van der Waals surface area (Å²) in [6.45, 7) is 9.76. The molecule has 0 unspecified atom stereocenters. The molecule has 29 heavy (non-hydrogen) atoms. The maximum atomic E-state index is 12.4. The molecule has 0 atom stereocenters. The Labute approximate surface area is 170 Å². The number of rotatable bonds is 5. The average molecular weight is 390 g/mol. The molecule has 0 aliphatic heterocycles. The lowest BCUT2D eigenvalue weighted by molar-refractivity contribution is -0.115. The number of benzene rings is 2. The van der Waals surface area contributed by atoms with Gasteiger partial charge in [0.15, 0.2) is 0 Å². The molecule has 3 rings (SSSR count). The summed E-state index contributed by atoms with van der Waals surface area (Å²) in [6.07, 6.45) is 0. The molecule has 0 aliphatic rings. The predicted octanol–water partition coefficient (Wildman–Crippen LogP) is 3.78. The van der Waals surface area contributed by atoms with Gasteiger partial charge in [0.1, 0.15) is 0 Å². The van der Waals surface area contributed by atoms with Crippen LogP contribution >= 0.6 is 0 Å². The van der Waals surface area contributed by atoms with Crippen molar-refractivity contribution in [3.05, 3.63) is 76.1 Å². The molecule has 0 radical (unpaired) electrons. The van der Waals surface area contributed by atoms with Gasteiger partial charge in [0.05, 0.1) is 17.9 Å². The summed E-state index contributed by atoms with van der Waals surface area (Å²) < 4.78 is 1.83. The van der Waals surface area contributed by atoms with Crippen molar-refractivity contribution in [2.24, 2.45) is 0 Å². The number of hydrogen-bond donors (Lipinski definition) is 2. The Bertz CT molecular complexity index is 1040. The highest BCUT2D eigenvalue weighted by Gasteiger charge is 2.12. The molecule has 0 saturated heterocycles. The highest BCUT2D eigenvalue weighted by atomic mass is 16.2. The third-order valence-corrected chi connectivity index (χ3v) is 4.73. The highest BCUT2D eigenvalue weighted by molar-refractivity contribution is 6.00. The van der Waals surface area contributed by atoms with Crippen LogP contribution in [-0.2, 0) is 4.79 Å². The smallest absolute Gasteiger partial charge is 0.251 e. The number of carbonyl (C=O) groups excluding carboxylic acids is 2. The summed E-state index contributed by atoms with van der Waals surface area (Å²) in [5.74, 6) is -0.551. The topological polar surface area (TPSA) is 76.0 Å². The Balaban J connectivity index is 1.61. The van der Waals surface area contributed by atoms with Crippen LogP contribution < -0.4 is 10.6 Å². The third kappa shape index (κ3) is 4.71. The van der Waals surface area contributed by atoms with E-state index < -0.39 is 0 Å². The molecular weight excluding hydrogens is 364 g/mol. The first-order valence-corrected chi connectivity index (χ1v) is 9.54. The van der Waals surface area contributed by atoms with Crippen molar-refractivity contribution in [3.8, 4) is 5.69 Å². The van der Waals surface area contributed by atoms with E-state index in [-0.39, 0.29) is 18.4 Å². The molecule has 2 amide bonds. The van der Waals surface area contributed by atoms with E-state index >= 15 is 0 Å². The molecule has 0 spiro atoms. The fourth-order valence-electron chi connectivity index (χ4n) is 3.47. The van der Waals surface area contributed by atoms with Gasteiger partial charge in [-0.05, 0) is 76.1 Å². The molecule has 6 nitrogen and oxygen atoms in total. The first kappa shape index (κ1) is 20.3. The summed E-state index contributed by atoms with van der Waals surface area (Å²) in [5.41, 5.74) is 7.29. The molecule has 6 heteroatoms. The Morgan fingerprint density at radius 2 is 1.55 bits per heavy atom. The number of aryl methyl sites for hydroxylation is 5. The second-order valence-corrected chi connectivity index (χ2v) is 7.39. The third-order valence-electron chi connectivity index (χ3n) is 4.73. The number of hydrogen-bond acceptors (Lipinski definition) is 3. The van der Waals surface area contributed by atoms with Crippen LogP contribution in [0.1, 0.15) is 38.4 Å². The van der Waals surface area contributed by atoms with E-state index in [9.17, 15) is 9.59 Å². The summed E-state index contributed by atoms with van der Waals surface area (Å²) in [5, 5.41) is 9.99. The van der Waals surface area contributed by atoms with Crippen molar-refractivity contribution in [1.82, 2.24) is 15.1 Å². The van der Waals surface area contributed by atoms with Gasteiger partial charge in [0.2, 0.25) is 5.91 Å². The molecule has 1 aromatic heterocycles. The lowest BCUT2D eigenvalue weighted by Gasteiger charge is -2.13. The van der Waals surface area contributed by atoms with E-state index in [2.05, 4.69) is 15.7 Å². The van der Waals surface area contributed by atoms with Crippen LogP contribution in [0.4, 0.5) is 5.69 Å². The van der Waals surface area contributed by atoms with E-state index in [0.717, 1.165) is 39.5 Å². The van der Waals surface area contributed by atoms with E-state index in [1.807, 2.05) is 69.6 Å². The van der Waals surface area contributed by atoms with Crippen LogP contribution in [0.15, 0.2) is 42.5 Å². The molecule has 3 aromatic rings. The minimum Gasteiger partial charge on any atom is -0.343 e. The molecule has 150 valence electrons. The number of carbonyl (C=O) groups is 2. The molecular formula is C23H26N4O2. The van der Waals surface area contributed by atoms with Gasteiger partial charge in [0.25, 0.3) is 5.91 Å². The van der Waals surface area contributed by atoms with Gasteiger partial charge in [0, 0.05) is 16.9 Å². The number of anilines is 1. The maximum Gasteiger partial charge on any atom is 0.251 e. The Morgan fingerprint density at radius 3 is 2.10 bits per heavy atom. The number of amides is 2. The Kier molecular flexibility index (Phi) is 5.82. The Morgan fingerprint density at radius 1 is 0.931 bits per heavy atom. The molecule has 2 N–H and O–H groups in total. The van der Waals surface area contributed by atoms with Gasteiger partial charge in [-0.15, -0.1) is 0 Å². The van der Waals surface area contributed by atoms with Gasteiger partial charge in [-0.3, -0.25) is 9.59 Å². The zero-order valence-electron chi connectivity index (χ0n) is 17.5. The molecule has 0 saturated carbocycles. The SMILES string of the molecule is Cc1cc(C)c(NC(=O)CNC(=O)c2ccc(-n3nc(C)cc3C)cc2)c(C)c1.